The van der Waals surface area contributed by atoms with Gasteiger partial charge >= 0.3 is 0 Å². The molecule has 0 aliphatic carbocycles. The van der Waals surface area contributed by atoms with Gasteiger partial charge in [-0.05, 0) is 19.1 Å². The summed E-state index contributed by atoms with van der Waals surface area (Å²) in [6.45, 7) is 1.89. The molecular formula is C7H7NO. The molecule has 0 saturated carbocycles. The maximum atomic E-state index is 10.0. The second kappa shape index (κ2) is 2.33. The Labute approximate surface area is 53.6 Å². The van der Waals surface area contributed by atoms with Gasteiger partial charge in [0.1, 0.15) is 5.94 Å². The first kappa shape index (κ1) is 5.86. The number of nitrogens with one attached hydrogen (secondary N) is 1. The molecule has 0 fully saturated rings. The van der Waals surface area contributed by atoms with E-state index in [2.05, 4.69) is 5.32 Å². The Bertz CT molecular complexity index is 219. The molecule has 1 aliphatic rings. The van der Waals surface area contributed by atoms with Gasteiger partial charge in [-0.3, -0.25) is 0 Å². The van der Waals surface area contributed by atoms with Gasteiger partial charge in [-0.25, -0.2) is 4.79 Å². The number of carbonyl (C=O) groups excluding carboxylic acids is 1. The topological polar surface area (TPSA) is 29.1 Å². The van der Waals surface area contributed by atoms with E-state index in [0.29, 0.717) is 5.57 Å². The smallest absolute Gasteiger partial charge is 0.132 e. The van der Waals surface area contributed by atoms with Crippen molar-refractivity contribution in [1.29, 1.82) is 0 Å². The predicted molar refractivity (Wildman–Crippen MR) is 35.2 cm³/mol. The highest BCUT2D eigenvalue weighted by molar-refractivity contribution is 5.63. The van der Waals surface area contributed by atoms with Gasteiger partial charge in [-0.2, -0.15) is 0 Å². The van der Waals surface area contributed by atoms with Crippen LogP contribution in [0.4, 0.5) is 0 Å². The zero-order valence-corrected chi connectivity index (χ0v) is 5.14. The van der Waals surface area contributed by atoms with Crippen molar-refractivity contribution >= 4 is 5.94 Å². The summed E-state index contributed by atoms with van der Waals surface area (Å²) in [6, 6.07) is 0. The van der Waals surface area contributed by atoms with E-state index in [1.165, 1.54) is 0 Å². The van der Waals surface area contributed by atoms with Gasteiger partial charge in [-0.15, -0.1) is 0 Å². The van der Waals surface area contributed by atoms with Crippen molar-refractivity contribution in [3.8, 4) is 0 Å². The fourth-order valence-corrected chi connectivity index (χ4v) is 0.649. The minimum atomic E-state index is 0.589. The molecule has 0 bridgehead atoms. The molecule has 0 saturated heterocycles. The van der Waals surface area contributed by atoms with E-state index in [-0.39, 0.29) is 0 Å². The molecule has 0 aromatic rings. The van der Waals surface area contributed by atoms with Crippen LogP contribution in [0, 0.1) is 0 Å². The van der Waals surface area contributed by atoms with Crippen LogP contribution >= 0.6 is 0 Å². The van der Waals surface area contributed by atoms with Crippen LogP contribution in [-0.2, 0) is 4.79 Å². The van der Waals surface area contributed by atoms with Crippen LogP contribution in [0.5, 0.6) is 0 Å². The highest BCUT2D eigenvalue weighted by Crippen LogP contribution is 2.02. The van der Waals surface area contributed by atoms with Gasteiger partial charge in [0.15, 0.2) is 0 Å². The zero-order chi connectivity index (χ0) is 6.69. The van der Waals surface area contributed by atoms with Crippen molar-refractivity contribution < 1.29 is 4.79 Å². The Kier molecular flexibility index (Phi) is 1.52. The minimum Gasteiger partial charge on any atom is -0.365 e. The Morgan fingerprint density at radius 3 is 2.89 bits per heavy atom. The van der Waals surface area contributed by atoms with Crippen LogP contribution in [0.1, 0.15) is 6.92 Å². The maximum absolute atomic E-state index is 10.0. The third-order valence-electron chi connectivity index (χ3n) is 1.06. The minimum absolute atomic E-state index is 0.589. The molecule has 1 aliphatic heterocycles. The lowest BCUT2D eigenvalue weighted by molar-refractivity contribution is 0.568. The zero-order valence-electron chi connectivity index (χ0n) is 5.14. The van der Waals surface area contributed by atoms with Gasteiger partial charge in [0.25, 0.3) is 0 Å². The van der Waals surface area contributed by atoms with Crippen LogP contribution in [0.3, 0.4) is 0 Å². The summed E-state index contributed by atoms with van der Waals surface area (Å²) in [4.78, 5) is 10.0. The SMILES string of the molecule is CC1=CC(=C=O)C=CN1. The molecule has 0 atom stereocenters. The molecule has 1 N–H and O–H groups in total. The lowest BCUT2D eigenvalue weighted by Crippen LogP contribution is -2.04. The fourth-order valence-electron chi connectivity index (χ4n) is 0.649. The van der Waals surface area contributed by atoms with Gasteiger partial charge in [0.05, 0.1) is 5.57 Å². The molecule has 1 rings (SSSR count). The van der Waals surface area contributed by atoms with E-state index in [9.17, 15) is 4.79 Å². The van der Waals surface area contributed by atoms with Crippen molar-refractivity contribution in [1.82, 2.24) is 5.32 Å². The molecule has 9 heavy (non-hydrogen) atoms. The van der Waals surface area contributed by atoms with E-state index < -0.39 is 0 Å². The van der Waals surface area contributed by atoms with E-state index in [1.807, 2.05) is 6.92 Å². The van der Waals surface area contributed by atoms with Gasteiger partial charge in [-0.1, -0.05) is 0 Å². The number of rotatable bonds is 0. The van der Waals surface area contributed by atoms with E-state index >= 15 is 0 Å². The number of hydrogen-bond acceptors (Lipinski definition) is 2. The summed E-state index contributed by atoms with van der Waals surface area (Å²) in [6.07, 6.45) is 5.14. The van der Waals surface area contributed by atoms with Crippen molar-refractivity contribution in [3.63, 3.8) is 0 Å². The molecule has 2 heteroatoms. The second-order valence-electron chi connectivity index (χ2n) is 1.86. The predicted octanol–water partition coefficient (Wildman–Crippen LogP) is 0.765. The summed E-state index contributed by atoms with van der Waals surface area (Å²) in [5, 5.41) is 2.93. The Morgan fingerprint density at radius 2 is 2.44 bits per heavy atom. The van der Waals surface area contributed by atoms with E-state index in [4.69, 9.17) is 0 Å². The first-order valence-electron chi connectivity index (χ1n) is 2.69. The Balaban J connectivity index is 2.91. The normalized spacial score (nSPS) is 16.1. The second-order valence-corrected chi connectivity index (χ2v) is 1.86. The van der Waals surface area contributed by atoms with Crippen LogP contribution in [-0.4, -0.2) is 5.94 Å². The molecule has 0 amide bonds. The van der Waals surface area contributed by atoms with Gasteiger partial charge < -0.3 is 5.32 Å². The molecule has 0 unspecified atom stereocenters. The molecule has 0 aromatic heterocycles. The van der Waals surface area contributed by atoms with E-state index in [0.717, 1.165) is 5.70 Å². The average Bonchev–Trinajstić information content (AvgIpc) is 1.88. The summed E-state index contributed by atoms with van der Waals surface area (Å²) in [5.41, 5.74) is 1.56. The first-order valence-corrected chi connectivity index (χ1v) is 2.69. The van der Waals surface area contributed by atoms with Crippen LogP contribution in [0.15, 0.2) is 29.6 Å². The molecule has 0 spiro atoms. The van der Waals surface area contributed by atoms with Gasteiger partial charge in [0, 0.05) is 11.9 Å². The molecule has 2 nitrogen and oxygen atoms in total. The third kappa shape index (κ3) is 1.31. The molecule has 46 valence electrons. The van der Waals surface area contributed by atoms with Crippen molar-refractivity contribution in [2.24, 2.45) is 0 Å². The largest absolute Gasteiger partial charge is 0.365 e. The summed E-state index contributed by atoms with van der Waals surface area (Å²) < 4.78 is 0. The standard InChI is InChI=1S/C7H7NO/c1-6-4-7(5-9)2-3-8-6/h2-4,8H,1H3. The van der Waals surface area contributed by atoms with Crippen LogP contribution in [0.2, 0.25) is 0 Å². The monoisotopic (exact) mass is 121 g/mol. The van der Waals surface area contributed by atoms with E-state index in [1.54, 1.807) is 24.3 Å². The molecular weight excluding hydrogens is 114 g/mol. The number of dihydropyridines is 1. The molecule has 1 heterocycles. The third-order valence-corrected chi connectivity index (χ3v) is 1.06. The Hall–Kier alpha value is -1.27. The van der Waals surface area contributed by atoms with Gasteiger partial charge in [0.2, 0.25) is 0 Å². The van der Waals surface area contributed by atoms with Crippen LogP contribution in [0.25, 0.3) is 0 Å². The van der Waals surface area contributed by atoms with Crippen molar-refractivity contribution in [3.05, 3.63) is 29.6 Å². The number of allylic oxidation sites excluding steroid dienone is 4. The summed E-state index contributed by atoms with van der Waals surface area (Å²) >= 11 is 0. The quantitative estimate of drug-likeness (QED) is 0.479. The first-order chi connectivity index (χ1) is 4.33. The lowest BCUT2D eigenvalue weighted by atomic mass is 10.2. The molecule has 0 radical (unpaired) electrons. The maximum Gasteiger partial charge on any atom is 0.132 e. The summed E-state index contributed by atoms with van der Waals surface area (Å²) in [5.74, 6) is 1.80. The highest BCUT2D eigenvalue weighted by atomic mass is 16.1. The highest BCUT2D eigenvalue weighted by Gasteiger charge is 1.94. The van der Waals surface area contributed by atoms with Crippen molar-refractivity contribution in [2.75, 3.05) is 0 Å². The molecule has 0 aromatic carbocycles. The fraction of sp³-hybridized carbons (Fsp3) is 0.143. The summed E-state index contributed by atoms with van der Waals surface area (Å²) in [7, 11) is 0. The van der Waals surface area contributed by atoms with Crippen LogP contribution < -0.4 is 5.32 Å². The lowest BCUT2D eigenvalue weighted by Gasteiger charge is -2.03. The Morgan fingerprint density at radius 1 is 1.67 bits per heavy atom. The average molecular weight is 121 g/mol. The van der Waals surface area contributed by atoms with Crippen molar-refractivity contribution in [2.45, 2.75) is 6.92 Å². The number of hydrogen-bond donors (Lipinski definition) is 1.